The molecule has 27 heavy (non-hydrogen) atoms. The van der Waals surface area contributed by atoms with Crippen molar-refractivity contribution in [1.82, 2.24) is 14.0 Å². The molecule has 0 saturated heterocycles. The molecular formula is C18H27FN4O3S. The zero-order valence-corrected chi connectivity index (χ0v) is 16.7. The van der Waals surface area contributed by atoms with Crippen molar-refractivity contribution in [3.63, 3.8) is 0 Å². The number of nitrogens with one attached hydrogen (secondary N) is 2. The Morgan fingerprint density at radius 1 is 1.30 bits per heavy atom. The quantitative estimate of drug-likeness (QED) is 0.748. The first kappa shape index (κ1) is 20.0. The Hall–Kier alpha value is -1.71. The summed E-state index contributed by atoms with van der Waals surface area (Å²) in [5.74, 6) is -0.0348. The predicted octanol–water partition coefficient (Wildman–Crippen LogP) is 3.11. The van der Waals surface area contributed by atoms with Gasteiger partial charge in [-0.3, -0.25) is 0 Å². The second-order valence-electron chi connectivity index (χ2n) is 7.46. The van der Waals surface area contributed by atoms with Gasteiger partial charge in [-0.15, -0.1) is 0 Å². The van der Waals surface area contributed by atoms with Crippen LogP contribution in [0.3, 0.4) is 0 Å². The van der Waals surface area contributed by atoms with Crippen molar-refractivity contribution in [2.45, 2.75) is 51.6 Å². The van der Waals surface area contributed by atoms with E-state index in [1.165, 1.54) is 16.4 Å². The van der Waals surface area contributed by atoms with Gasteiger partial charge in [0.25, 0.3) is 16.2 Å². The lowest BCUT2D eigenvalue weighted by molar-refractivity contribution is 0.328. The zero-order chi connectivity index (χ0) is 19.6. The van der Waals surface area contributed by atoms with E-state index in [4.69, 9.17) is 4.42 Å². The molecule has 0 radical (unpaired) electrons. The maximum absolute atomic E-state index is 13.2. The first-order chi connectivity index (χ1) is 12.7. The first-order valence-electron chi connectivity index (χ1n) is 9.30. The SMILES string of the molecule is CC(C)N(C)S(=O)(=O)NCC1CCC(Nc2nc3ccc(F)cc3o2)CC1. The molecule has 1 fully saturated rings. The monoisotopic (exact) mass is 398 g/mol. The van der Waals surface area contributed by atoms with Crippen LogP contribution in [0.25, 0.3) is 11.1 Å². The van der Waals surface area contributed by atoms with Gasteiger partial charge in [-0.05, 0) is 57.6 Å². The zero-order valence-electron chi connectivity index (χ0n) is 15.9. The number of nitrogens with zero attached hydrogens (tertiary/aromatic N) is 2. The molecule has 1 aromatic carbocycles. The summed E-state index contributed by atoms with van der Waals surface area (Å²) in [5.41, 5.74) is 1.05. The Morgan fingerprint density at radius 2 is 2.00 bits per heavy atom. The van der Waals surface area contributed by atoms with Gasteiger partial charge < -0.3 is 9.73 Å². The summed E-state index contributed by atoms with van der Waals surface area (Å²) in [6.45, 7) is 4.14. The van der Waals surface area contributed by atoms with Crippen LogP contribution in [-0.4, -0.2) is 43.4 Å². The third-order valence-corrected chi connectivity index (χ3v) is 6.90. The minimum absolute atomic E-state index is 0.0766. The molecule has 1 aliphatic rings. The van der Waals surface area contributed by atoms with E-state index in [1.54, 1.807) is 13.1 Å². The normalized spacial score (nSPS) is 21.3. The number of fused-ring (bicyclic) bond motifs is 1. The molecule has 7 nitrogen and oxygen atoms in total. The molecule has 1 aromatic heterocycles. The molecule has 150 valence electrons. The molecule has 0 atom stereocenters. The molecule has 0 amide bonds. The molecule has 2 N–H and O–H groups in total. The lowest BCUT2D eigenvalue weighted by Gasteiger charge is -2.29. The van der Waals surface area contributed by atoms with Gasteiger partial charge in [0.1, 0.15) is 11.3 Å². The fourth-order valence-corrected chi connectivity index (χ4v) is 4.45. The van der Waals surface area contributed by atoms with Crippen LogP contribution in [0.5, 0.6) is 0 Å². The third-order valence-electron chi connectivity index (χ3n) is 5.19. The molecule has 3 rings (SSSR count). The maximum atomic E-state index is 13.2. The molecular weight excluding hydrogens is 371 g/mol. The van der Waals surface area contributed by atoms with Gasteiger partial charge in [0.15, 0.2) is 5.58 Å². The lowest BCUT2D eigenvalue weighted by Crippen LogP contribution is -2.44. The van der Waals surface area contributed by atoms with Crippen LogP contribution in [0.2, 0.25) is 0 Å². The Bertz CT molecular complexity index is 876. The second kappa shape index (κ2) is 8.12. The van der Waals surface area contributed by atoms with Crippen LogP contribution in [0.15, 0.2) is 22.6 Å². The van der Waals surface area contributed by atoms with Gasteiger partial charge in [0, 0.05) is 31.7 Å². The van der Waals surface area contributed by atoms with E-state index >= 15 is 0 Å². The summed E-state index contributed by atoms with van der Waals surface area (Å²) < 4.78 is 47.2. The van der Waals surface area contributed by atoms with Crippen molar-refractivity contribution in [2.75, 3.05) is 18.9 Å². The summed E-state index contributed by atoms with van der Waals surface area (Å²) in [4.78, 5) is 4.33. The summed E-state index contributed by atoms with van der Waals surface area (Å²) in [7, 11) is -1.84. The number of anilines is 1. The molecule has 2 aromatic rings. The minimum atomic E-state index is -3.43. The van der Waals surface area contributed by atoms with E-state index in [-0.39, 0.29) is 17.9 Å². The highest BCUT2D eigenvalue weighted by atomic mass is 32.2. The van der Waals surface area contributed by atoms with Crippen LogP contribution in [-0.2, 0) is 10.2 Å². The average molecular weight is 399 g/mol. The largest absolute Gasteiger partial charge is 0.423 e. The molecule has 1 saturated carbocycles. The van der Waals surface area contributed by atoms with Crippen molar-refractivity contribution in [3.05, 3.63) is 24.0 Å². The highest BCUT2D eigenvalue weighted by molar-refractivity contribution is 7.87. The molecule has 9 heteroatoms. The van der Waals surface area contributed by atoms with Crippen LogP contribution < -0.4 is 10.0 Å². The summed E-state index contributed by atoms with van der Waals surface area (Å²) in [6, 6.07) is 4.82. The molecule has 0 spiro atoms. The maximum Gasteiger partial charge on any atom is 0.295 e. The van der Waals surface area contributed by atoms with Crippen LogP contribution in [0.4, 0.5) is 10.4 Å². The lowest BCUT2D eigenvalue weighted by atomic mass is 9.86. The predicted molar refractivity (Wildman–Crippen MR) is 103 cm³/mol. The summed E-state index contributed by atoms with van der Waals surface area (Å²) in [6.07, 6.45) is 3.64. The standard InChI is InChI=1S/C18H27FN4O3S/c1-12(2)23(3)27(24,25)20-11-13-4-7-15(8-5-13)21-18-22-16-9-6-14(19)10-17(16)26-18/h6,9-10,12-13,15,20H,4-5,7-8,11H2,1-3H3,(H,21,22). The topological polar surface area (TPSA) is 87.5 Å². The smallest absolute Gasteiger partial charge is 0.295 e. The van der Waals surface area contributed by atoms with Gasteiger partial charge in [-0.1, -0.05) is 0 Å². The Morgan fingerprint density at radius 3 is 2.67 bits per heavy atom. The highest BCUT2D eigenvalue weighted by Crippen LogP contribution is 2.27. The number of benzene rings is 1. The Balaban J connectivity index is 1.48. The third kappa shape index (κ3) is 4.97. The molecule has 0 bridgehead atoms. The van der Waals surface area contributed by atoms with E-state index in [9.17, 15) is 12.8 Å². The van der Waals surface area contributed by atoms with E-state index in [2.05, 4.69) is 15.0 Å². The second-order valence-corrected chi connectivity index (χ2v) is 9.27. The van der Waals surface area contributed by atoms with Crippen molar-refractivity contribution >= 4 is 27.3 Å². The van der Waals surface area contributed by atoms with E-state index in [0.717, 1.165) is 25.7 Å². The van der Waals surface area contributed by atoms with Crippen LogP contribution in [0.1, 0.15) is 39.5 Å². The van der Waals surface area contributed by atoms with Crippen molar-refractivity contribution in [3.8, 4) is 0 Å². The molecule has 0 unspecified atom stereocenters. The first-order valence-corrected chi connectivity index (χ1v) is 10.7. The Labute approximate surface area is 159 Å². The fourth-order valence-electron chi connectivity index (χ4n) is 3.25. The number of hydrogen-bond donors (Lipinski definition) is 2. The van der Waals surface area contributed by atoms with Gasteiger partial charge in [0.05, 0.1) is 0 Å². The van der Waals surface area contributed by atoms with Gasteiger partial charge >= 0.3 is 0 Å². The van der Waals surface area contributed by atoms with Crippen molar-refractivity contribution in [2.24, 2.45) is 5.92 Å². The van der Waals surface area contributed by atoms with Crippen LogP contribution >= 0.6 is 0 Å². The van der Waals surface area contributed by atoms with Gasteiger partial charge in [0.2, 0.25) is 0 Å². The van der Waals surface area contributed by atoms with E-state index in [0.29, 0.717) is 29.6 Å². The van der Waals surface area contributed by atoms with Crippen LogP contribution in [0, 0.1) is 11.7 Å². The number of hydrogen-bond acceptors (Lipinski definition) is 5. The van der Waals surface area contributed by atoms with Crippen molar-refractivity contribution < 1.29 is 17.2 Å². The molecule has 1 heterocycles. The van der Waals surface area contributed by atoms with Gasteiger partial charge in [-0.25, -0.2) is 9.11 Å². The fraction of sp³-hybridized carbons (Fsp3) is 0.611. The number of halogens is 1. The molecule has 1 aliphatic carbocycles. The van der Waals surface area contributed by atoms with Gasteiger partial charge in [-0.2, -0.15) is 17.7 Å². The number of oxazole rings is 1. The van der Waals surface area contributed by atoms with Crippen molar-refractivity contribution in [1.29, 1.82) is 0 Å². The number of rotatable bonds is 7. The Kier molecular flexibility index (Phi) is 6.02. The van der Waals surface area contributed by atoms with E-state index in [1.807, 2.05) is 13.8 Å². The molecule has 0 aliphatic heterocycles. The van der Waals surface area contributed by atoms with E-state index < -0.39 is 10.2 Å². The minimum Gasteiger partial charge on any atom is -0.423 e. The summed E-state index contributed by atoms with van der Waals surface area (Å²) in [5, 5.41) is 3.27. The highest BCUT2D eigenvalue weighted by Gasteiger charge is 2.25. The summed E-state index contributed by atoms with van der Waals surface area (Å²) >= 11 is 0. The number of aromatic nitrogens is 1. The average Bonchev–Trinajstić information content (AvgIpc) is 3.01.